The number of ether oxygens (including phenoxy) is 1. The van der Waals surface area contributed by atoms with E-state index in [-0.39, 0.29) is 11.9 Å². The number of nitrogens with zero attached hydrogens (tertiary/aromatic N) is 1. The fraction of sp³-hybridized carbons (Fsp3) is 0.500. The van der Waals surface area contributed by atoms with Gasteiger partial charge in [-0.15, -0.1) is 11.3 Å². The van der Waals surface area contributed by atoms with Crippen molar-refractivity contribution in [2.75, 3.05) is 12.4 Å². The number of hydrogen-bond donors (Lipinski definition) is 1. The van der Waals surface area contributed by atoms with E-state index in [1.54, 1.807) is 6.92 Å². The Morgan fingerprint density at radius 2 is 2.25 bits per heavy atom. The predicted molar refractivity (Wildman–Crippen MR) is 79.7 cm³/mol. The number of aryl methyl sites for hydroxylation is 1. The third-order valence-corrected chi connectivity index (χ3v) is 3.49. The molecule has 1 aromatic rings. The standard InChI is InChI=1S/C14H20N2O3S/c1-4-6-10(2)13(18)16-14-15-11(9-20-14)7-5-8-12(17)19-3/h6,9H,4-5,7-8H2,1-3H3,(H,15,16,18)/b10-6-. The molecule has 5 nitrogen and oxygen atoms in total. The Balaban J connectivity index is 2.45. The third-order valence-electron chi connectivity index (χ3n) is 2.68. The molecule has 1 amide bonds. The van der Waals surface area contributed by atoms with Gasteiger partial charge in [0.1, 0.15) is 0 Å². The normalized spacial score (nSPS) is 11.2. The van der Waals surface area contributed by atoms with Crippen LogP contribution in [0, 0.1) is 0 Å². The molecule has 0 saturated carbocycles. The molecule has 20 heavy (non-hydrogen) atoms. The Bertz CT molecular complexity index is 494. The van der Waals surface area contributed by atoms with Crippen LogP contribution in [-0.2, 0) is 20.7 Å². The fourth-order valence-corrected chi connectivity index (χ4v) is 2.33. The summed E-state index contributed by atoms with van der Waals surface area (Å²) in [5.74, 6) is -0.337. The molecule has 0 bridgehead atoms. The van der Waals surface area contributed by atoms with E-state index in [4.69, 9.17) is 0 Å². The summed E-state index contributed by atoms with van der Waals surface area (Å²) in [7, 11) is 1.38. The summed E-state index contributed by atoms with van der Waals surface area (Å²) in [5, 5.41) is 5.25. The van der Waals surface area contributed by atoms with E-state index < -0.39 is 0 Å². The number of carbonyl (C=O) groups is 2. The van der Waals surface area contributed by atoms with Gasteiger partial charge in [-0.1, -0.05) is 13.0 Å². The van der Waals surface area contributed by atoms with E-state index in [1.807, 2.05) is 18.4 Å². The average Bonchev–Trinajstić information content (AvgIpc) is 2.86. The van der Waals surface area contributed by atoms with E-state index in [9.17, 15) is 9.59 Å². The Morgan fingerprint density at radius 1 is 1.50 bits per heavy atom. The molecular formula is C14H20N2O3S. The third kappa shape index (κ3) is 5.52. The molecule has 0 spiro atoms. The smallest absolute Gasteiger partial charge is 0.305 e. The van der Waals surface area contributed by atoms with Gasteiger partial charge in [0.15, 0.2) is 5.13 Å². The van der Waals surface area contributed by atoms with Crippen molar-refractivity contribution in [1.29, 1.82) is 0 Å². The summed E-state index contributed by atoms with van der Waals surface area (Å²) in [6.45, 7) is 3.77. The summed E-state index contributed by atoms with van der Waals surface area (Å²) in [5.41, 5.74) is 1.57. The zero-order valence-corrected chi connectivity index (χ0v) is 12.9. The molecule has 1 rings (SSSR count). The number of carbonyl (C=O) groups excluding carboxylic acids is 2. The predicted octanol–water partition coefficient (Wildman–Crippen LogP) is 2.93. The van der Waals surface area contributed by atoms with Gasteiger partial charge < -0.3 is 4.74 Å². The van der Waals surface area contributed by atoms with Gasteiger partial charge in [-0.25, -0.2) is 4.98 Å². The molecular weight excluding hydrogens is 276 g/mol. The number of nitrogens with one attached hydrogen (secondary N) is 1. The summed E-state index contributed by atoms with van der Waals surface area (Å²) in [6.07, 6.45) is 4.48. The lowest BCUT2D eigenvalue weighted by Crippen LogP contribution is -2.12. The van der Waals surface area contributed by atoms with Gasteiger partial charge in [-0.3, -0.25) is 14.9 Å². The molecule has 0 aliphatic rings. The number of amides is 1. The maximum Gasteiger partial charge on any atom is 0.305 e. The number of aromatic nitrogens is 1. The van der Waals surface area contributed by atoms with Gasteiger partial charge in [-0.2, -0.15) is 0 Å². The minimum Gasteiger partial charge on any atom is -0.469 e. The molecule has 0 saturated heterocycles. The largest absolute Gasteiger partial charge is 0.469 e. The highest BCUT2D eigenvalue weighted by Crippen LogP contribution is 2.17. The second-order valence-electron chi connectivity index (χ2n) is 4.32. The minimum atomic E-state index is -0.214. The number of rotatable bonds is 7. The topological polar surface area (TPSA) is 68.3 Å². The molecule has 6 heteroatoms. The summed E-state index contributed by atoms with van der Waals surface area (Å²) < 4.78 is 4.58. The van der Waals surface area contributed by atoms with Crippen molar-refractivity contribution in [3.63, 3.8) is 0 Å². The quantitative estimate of drug-likeness (QED) is 0.620. The maximum atomic E-state index is 11.8. The Kier molecular flexibility index (Phi) is 6.93. The van der Waals surface area contributed by atoms with Gasteiger partial charge in [0.05, 0.1) is 12.8 Å². The molecule has 0 aliphatic carbocycles. The second kappa shape index (κ2) is 8.47. The maximum absolute atomic E-state index is 11.8. The SMILES string of the molecule is CC/C=C(/C)C(=O)Nc1nc(CCCC(=O)OC)cs1. The first-order valence-corrected chi connectivity index (χ1v) is 7.44. The highest BCUT2D eigenvalue weighted by Gasteiger charge is 2.08. The summed E-state index contributed by atoms with van der Waals surface area (Å²) >= 11 is 1.39. The van der Waals surface area contributed by atoms with Crippen molar-refractivity contribution in [3.8, 4) is 0 Å². The first-order chi connectivity index (χ1) is 9.56. The minimum absolute atomic E-state index is 0.123. The molecule has 0 aliphatic heterocycles. The van der Waals surface area contributed by atoms with Gasteiger partial charge >= 0.3 is 5.97 Å². The number of methoxy groups -OCH3 is 1. The molecule has 0 radical (unpaired) electrons. The van der Waals surface area contributed by atoms with Crippen molar-refractivity contribution < 1.29 is 14.3 Å². The van der Waals surface area contributed by atoms with Crippen LogP contribution in [0.4, 0.5) is 5.13 Å². The van der Waals surface area contributed by atoms with Crippen LogP contribution >= 0.6 is 11.3 Å². The monoisotopic (exact) mass is 296 g/mol. The van der Waals surface area contributed by atoms with Gasteiger partial charge in [-0.05, 0) is 26.2 Å². The molecule has 0 unspecified atom stereocenters. The lowest BCUT2D eigenvalue weighted by molar-refractivity contribution is -0.140. The first-order valence-electron chi connectivity index (χ1n) is 6.56. The zero-order valence-electron chi connectivity index (χ0n) is 12.1. The van der Waals surface area contributed by atoms with Gasteiger partial charge in [0.2, 0.25) is 0 Å². The number of allylic oxidation sites excluding steroid dienone is 1. The first kappa shape index (κ1) is 16.4. The Hall–Kier alpha value is -1.69. The van der Waals surface area contributed by atoms with Gasteiger partial charge in [0.25, 0.3) is 5.91 Å². The number of anilines is 1. The zero-order chi connectivity index (χ0) is 15.0. The Morgan fingerprint density at radius 3 is 2.90 bits per heavy atom. The van der Waals surface area contributed by atoms with E-state index >= 15 is 0 Å². The van der Waals surface area contributed by atoms with Crippen LogP contribution in [0.15, 0.2) is 17.0 Å². The molecule has 0 atom stereocenters. The van der Waals surface area contributed by atoms with Crippen molar-refractivity contribution in [1.82, 2.24) is 4.98 Å². The molecule has 0 aromatic carbocycles. The van der Waals surface area contributed by atoms with Crippen molar-refractivity contribution in [2.45, 2.75) is 39.5 Å². The van der Waals surface area contributed by atoms with Gasteiger partial charge in [0, 0.05) is 17.4 Å². The van der Waals surface area contributed by atoms with E-state index in [0.717, 1.165) is 12.1 Å². The van der Waals surface area contributed by atoms with Crippen LogP contribution in [0.3, 0.4) is 0 Å². The summed E-state index contributed by atoms with van der Waals surface area (Å²) in [6, 6.07) is 0. The second-order valence-corrected chi connectivity index (χ2v) is 5.18. The van der Waals surface area contributed by atoms with Crippen molar-refractivity contribution in [2.24, 2.45) is 0 Å². The number of thiazole rings is 1. The average molecular weight is 296 g/mol. The number of hydrogen-bond acceptors (Lipinski definition) is 5. The van der Waals surface area contributed by atoms with E-state index in [2.05, 4.69) is 15.0 Å². The van der Waals surface area contributed by atoms with Crippen LogP contribution < -0.4 is 5.32 Å². The molecule has 0 fully saturated rings. The molecule has 1 heterocycles. The number of esters is 1. The Labute approximate surface area is 123 Å². The molecule has 1 aromatic heterocycles. The van der Waals surface area contributed by atoms with Crippen LogP contribution in [0.25, 0.3) is 0 Å². The van der Waals surface area contributed by atoms with Crippen LogP contribution in [0.2, 0.25) is 0 Å². The lowest BCUT2D eigenvalue weighted by Gasteiger charge is -2.01. The summed E-state index contributed by atoms with van der Waals surface area (Å²) in [4.78, 5) is 27.1. The van der Waals surface area contributed by atoms with Crippen molar-refractivity contribution in [3.05, 3.63) is 22.7 Å². The highest BCUT2D eigenvalue weighted by atomic mass is 32.1. The highest BCUT2D eigenvalue weighted by molar-refractivity contribution is 7.13. The fourth-order valence-electron chi connectivity index (χ4n) is 1.59. The van der Waals surface area contributed by atoms with Crippen molar-refractivity contribution >= 4 is 28.3 Å². The molecule has 110 valence electrons. The van der Waals surface area contributed by atoms with Crippen LogP contribution in [0.1, 0.15) is 38.8 Å². The lowest BCUT2D eigenvalue weighted by atomic mass is 10.2. The van der Waals surface area contributed by atoms with E-state index in [0.29, 0.717) is 30.0 Å². The van der Waals surface area contributed by atoms with Crippen LogP contribution in [-0.4, -0.2) is 24.0 Å². The van der Waals surface area contributed by atoms with Crippen LogP contribution in [0.5, 0.6) is 0 Å². The molecule has 1 N–H and O–H groups in total. The van der Waals surface area contributed by atoms with E-state index in [1.165, 1.54) is 18.4 Å².